The van der Waals surface area contributed by atoms with Gasteiger partial charge in [-0.3, -0.25) is 4.90 Å². The monoisotopic (exact) mass is 561 g/mol. The molecule has 3 aliphatic rings. The average molecular weight is 562 g/mol. The minimum atomic E-state index is -0.595. The Hall–Kier alpha value is -3.42. The number of hydrogen-bond acceptors (Lipinski definition) is 9. The van der Waals surface area contributed by atoms with Crippen molar-refractivity contribution in [1.82, 2.24) is 24.7 Å². The van der Waals surface area contributed by atoms with Gasteiger partial charge >= 0.3 is 12.1 Å². The second-order valence-electron chi connectivity index (χ2n) is 12.4. The van der Waals surface area contributed by atoms with E-state index in [4.69, 9.17) is 19.4 Å². The zero-order valence-electron chi connectivity index (χ0n) is 24.9. The summed E-state index contributed by atoms with van der Waals surface area (Å²) in [7, 11) is 2.14. The number of amides is 1. The number of likely N-dealkylation sites (N-methyl/N-ethyl adjacent to an activating group) is 1. The van der Waals surface area contributed by atoms with E-state index in [9.17, 15) is 10.1 Å². The third kappa shape index (κ3) is 7.27. The van der Waals surface area contributed by atoms with Crippen LogP contribution >= 0.6 is 0 Å². The molecule has 0 bridgehead atoms. The molecule has 1 amide bonds. The molecule has 1 aromatic carbocycles. The van der Waals surface area contributed by atoms with Crippen LogP contribution in [0.4, 0.5) is 10.6 Å². The summed E-state index contributed by atoms with van der Waals surface area (Å²) in [5, 5.41) is 9.59. The van der Waals surface area contributed by atoms with Gasteiger partial charge in [0, 0.05) is 50.9 Å². The van der Waals surface area contributed by atoms with Crippen molar-refractivity contribution in [3.05, 3.63) is 47.2 Å². The number of benzene rings is 1. The Balaban J connectivity index is 1.39. The Morgan fingerprint density at radius 1 is 1.10 bits per heavy atom. The van der Waals surface area contributed by atoms with E-state index in [0.717, 1.165) is 56.1 Å². The van der Waals surface area contributed by atoms with Crippen LogP contribution in [0.1, 0.15) is 56.9 Å². The average Bonchev–Trinajstić information content (AvgIpc) is 3.35. The van der Waals surface area contributed by atoms with E-state index in [1.165, 1.54) is 12.0 Å². The van der Waals surface area contributed by atoms with Gasteiger partial charge in [-0.15, -0.1) is 0 Å². The minimum Gasteiger partial charge on any atom is -0.462 e. The van der Waals surface area contributed by atoms with E-state index in [-0.39, 0.29) is 18.6 Å². The molecule has 5 rings (SSSR count). The molecule has 0 aliphatic carbocycles. The van der Waals surface area contributed by atoms with Crippen LogP contribution in [-0.2, 0) is 24.2 Å². The molecular formula is C31H43N7O3. The fraction of sp³-hybridized carbons (Fsp3) is 0.613. The predicted molar refractivity (Wildman–Crippen MR) is 157 cm³/mol. The van der Waals surface area contributed by atoms with Gasteiger partial charge in [-0.1, -0.05) is 30.3 Å². The van der Waals surface area contributed by atoms with Crippen molar-refractivity contribution in [3.8, 4) is 12.1 Å². The highest BCUT2D eigenvalue weighted by Crippen LogP contribution is 2.31. The molecule has 41 heavy (non-hydrogen) atoms. The van der Waals surface area contributed by atoms with Gasteiger partial charge in [-0.2, -0.15) is 15.2 Å². The van der Waals surface area contributed by atoms with E-state index >= 15 is 0 Å². The number of aromatic nitrogens is 2. The Morgan fingerprint density at radius 2 is 1.90 bits per heavy atom. The number of carbonyl (C=O) groups excluding carboxylic acids is 1. The van der Waals surface area contributed by atoms with E-state index in [2.05, 4.69) is 52.1 Å². The maximum Gasteiger partial charge on any atom is 0.410 e. The summed E-state index contributed by atoms with van der Waals surface area (Å²) in [5.74, 6) is 0.871. The summed E-state index contributed by atoms with van der Waals surface area (Å²) in [6.45, 7) is 11.3. The third-order valence-electron chi connectivity index (χ3n) is 8.16. The molecule has 2 saturated heterocycles. The topological polar surface area (TPSA) is 98.1 Å². The zero-order valence-corrected chi connectivity index (χ0v) is 24.9. The van der Waals surface area contributed by atoms with Crippen molar-refractivity contribution in [2.75, 3.05) is 51.3 Å². The summed E-state index contributed by atoms with van der Waals surface area (Å²) in [6.07, 6.45) is 2.98. The molecule has 10 heteroatoms. The fourth-order valence-electron chi connectivity index (χ4n) is 5.99. The molecule has 1 unspecified atom stereocenters. The molecule has 1 aromatic heterocycles. The molecule has 0 radical (unpaired) electrons. The molecule has 2 atom stereocenters. The number of nitrogens with zero attached hydrogens (tertiary/aromatic N) is 7. The lowest BCUT2D eigenvalue weighted by molar-refractivity contribution is 0.0144. The number of likely N-dealkylation sites (tertiary alicyclic amines) is 1. The van der Waals surface area contributed by atoms with E-state index in [1.54, 1.807) is 4.90 Å². The molecule has 3 aliphatic heterocycles. The highest BCUT2D eigenvalue weighted by molar-refractivity contribution is 5.69. The highest BCUT2D eigenvalue weighted by atomic mass is 16.6. The summed E-state index contributed by atoms with van der Waals surface area (Å²) in [4.78, 5) is 31.5. The van der Waals surface area contributed by atoms with Crippen LogP contribution in [-0.4, -0.2) is 94.8 Å². The van der Waals surface area contributed by atoms with Crippen molar-refractivity contribution in [1.29, 1.82) is 5.26 Å². The number of fused-ring (bicyclic) bond motifs is 1. The Morgan fingerprint density at radius 3 is 2.61 bits per heavy atom. The van der Waals surface area contributed by atoms with E-state index in [0.29, 0.717) is 38.3 Å². The first kappa shape index (κ1) is 29.1. The minimum absolute atomic E-state index is 0.227. The molecule has 4 heterocycles. The van der Waals surface area contributed by atoms with E-state index in [1.807, 2.05) is 26.8 Å². The largest absolute Gasteiger partial charge is 0.462 e. The van der Waals surface area contributed by atoms with Gasteiger partial charge in [0.2, 0.25) is 0 Å². The second-order valence-corrected chi connectivity index (χ2v) is 12.4. The molecule has 2 aromatic rings. The number of ether oxygens (including phenoxy) is 2. The lowest BCUT2D eigenvalue weighted by atomic mass is 10.0. The van der Waals surface area contributed by atoms with Gasteiger partial charge < -0.3 is 24.2 Å². The molecule has 0 saturated carbocycles. The quantitative estimate of drug-likeness (QED) is 0.499. The zero-order chi connectivity index (χ0) is 29.0. The van der Waals surface area contributed by atoms with Crippen LogP contribution in [0, 0.1) is 11.3 Å². The first-order valence-corrected chi connectivity index (χ1v) is 14.8. The smallest absolute Gasteiger partial charge is 0.410 e. The maximum absolute atomic E-state index is 13.0. The van der Waals surface area contributed by atoms with Gasteiger partial charge in [0.05, 0.1) is 24.2 Å². The SMILES string of the molecule is CN1CCC[C@H]1COc1nc2c(c(N3CCN(C(=O)OC(C)(C)C)C(CC#N)C3)n1)CCN(Cc1ccccc1)C2. The number of piperazine rings is 1. The Kier molecular flexibility index (Phi) is 8.95. The van der Waals surface area contributed by atoms with Crippen molar-refractivity contribution in [2.24, 2.45) is 0 Å². The maximum atomic E-state index is 13.0. The van der Waals surface area contributed by atoms with Gasteiger partial charge in [0.1, 0.15) is 18.0 Å². The molecule has 10 nitrogen and oxygen atoms in total. The Bertz CT molecular complexity index is 1240. The highest BCUT2D eigenvalue weighted by Gasteiger charge is 2.36. The van der Waals surface area contributed by atoms with Gasteiger partial charge in [-0.05, 0) is 59.2 Å². The van der Waals surface area contributed by atoms with Crippen LogP contribution < -0.4 is 9.64 Å². The summed E-state index contributed by atoms with van der Waals surface area (Å²) < 4.78 is 11.9. The molecule has 0 N–H and O–H groups in total. The molecule has 2 fully saturated rings. The van der Waals surface area contributed by atoms with Crippen LogP contribution in [0.15, 0.2) is 30.3 Å². The van der Waals surface area contributed by atoms with Crippen molar-refractivity contribution in [3.63, 3.8) is 0 Å². The van der Waals surface area contributed by atoms with Crippen LogP contribution in [0.3, 0.4) is 0 Å². The van der Waals surface area contributed by atoms with Gasteiger partial charge in [0.25, 0.3) is 0 Å². The standard InChI is InChI=1S/C31H43N7O3/c1-31(2,3)41-30(39)38-18-17-37(20-24(38)12-14-32)28-26-13-16-36(19-23-9-6-5-7-10-23)21-27(26)33-29(34-28)40-22-25-11-8-15-35(25)4/h5-7,9-10,24-25H,8,11-13,15-22H2,1-4H3/t24?,25-/m0/s1. The van der Waals surface area contributed by atoms with Crippen LogP contribution in [0.2, 0.25) is 0 Å². The molecule has 0 spiro atoms. The van der Waals surface area contributed by atoms with Gasteiger partial charge in [-0.25, -0.2) is 4.79 Å². The van der Waals surface area contributed by atoms with Crippen molar-refractivity contribution >= 4 is 11.9 Å². The summed E-state index contributed by atoms with van der Waals surface area (Å²) >= 11 is 0. The van der Waals surface area contributed by atoms with Crippen molar-refractivity contribution in [2.45, 2.75) is 77.2 Å². The normalized spacial score (nSPS) is 21.8. The number of nitriles is 1. The van der Waals surface area contributed by atoms with Crippen molar-refractivity contribution < 1.29 is 14.3 Å². The lowest BCUT2D eigenvalue weighted by Gasteiger charge is -2.42. The predicted octanol–water partition coefficient (Wildman–Crippen LogP) is 3.85. The molecule has 220 valence electrons. The number of carbonyl (C=O) groups is 1. The summed E-state index contributed by atoms with van der Waals surface area (Å²) in [6, 6.07) is 13.3. The first-order chi connectivity index (χ1) is 19.7. The van der Waals surface area contributed by atoms with Crippen LogP contribution in [0.5, 0.6) is 6.01 Å². The van der Waals surface area contributed by atoms with Gasteiger partial charge in [0.15, 0.2) is 0 Å². The van der Waals surface area contributed by atoms with E-state index < -0.39 is 5.60 Å². The summed E-state index contributed by atoms with van der Waals surface area (Å²) in [5.41, 5.74) is 2.82. The fourth-order valence-corrected chi connectivity index (χ4v) is 5.99. The third-order valence-corrected chi connectivity index (χ3v) is 8.16. The number of rotatable bonds is 7. The first-order valence-electron chi connectivity index (χ1n) is 14.8. The number of hydrogen-bond donors (Lipinski definition) is 0. The Labute approximate surface area is 243 Å². The molecular weight excluding hydrogens is 518 g/mol. The lowest BCUT2D eigenvalue weighted by Crippen LogP contribution is -2.56. The van der Waals surface area contributed by atoms with Crippen LogP contribution in [0.25, 0.3) is 0 Å². The number of anilines is 1. The second kappa shape index (κ2) is 12.6.